The van der Waals surface area contributed by atoms with Gasteiger partial charge in [0.2, 0.25) is 5.91 Å². The zero-order chi connectivity index (χ0) is 27.5. The fourth-order valence-corrected chi connectivity index (χ4v) is 4.22. The number of aromatic nitrogens is 1. The SMILES string of the molecule is Cc1ccc(-c2cccc(C(=O)OC(C)(C)C)c2)nc1NC(=O)[C@@]1(C)COc2cc3c(cc21)OC(F)(F)O3. The second kappa shape index (κ2) is 8.68. The summed E-state index contributed by atoms with van der Waals surface area (Å²) in [5, 5.41) is 2.85. The molecule has 198 valence electrons. The molecule has 2 aliphatic heterocycles. The van der Waals surface area contributed by atoms with E-state index in [2.05, 4.69) is 19.8 Å². The Balaban J connectivity index is 1.40. The highest BCUT2D eigenvalue weighted by molar-refractivity contribution is 6.00. The van der Waals surface area contributed by atoms with Gasteiger partial charge in [0, 0.05) is 17.2 Å². The van der Waals surface area contributed by atoms with Crippen LogP contribution >= 0.6 is 0 Å². The molecule has 2 aromatic carbocycles. The number of nitrogens with zero attached hydrogens (tertiary/aromatic N) is 1. The number of fused-ring (bicyclic) bond motifs is 2. The predicted octanol–water partition coefficient (Wildman–Crippen LogP) is 5.62. The molecule has 0 spiro atoms. The number of hydrogen-bond acceptors (Lipinski definition) is 7. The lowest BCUT2D eigenvalue weighted by molar-refractivity contribution is -0.286. The molecule has 3 heterocycles. The second-order valence-corrected chi connectivity index (χ2v) is 10.5. The lowest BCUT2D eigenvalue weighted by atomic mass is 9.83. The number of rotatable bonds is 4. The number of aryl methyl sites for hydroxylation is 1. The third-order valence-corrected chi connectivity index (χ3v) is 6.24. The fourth-order valence-electron chi connectivity index (χ4n) is 4.22. The number of amides is 1. The predicted molar refractivity (Wildman–Crippen MR) is 134 cm³/mol. The molecular weight excluding hydrogens is 498 g/mol. The first kappa shape index (κ1) is 25.4. The van der Waals surface area contributed by atoms with E-state index in [-0.39, 0.29) is 23.9 Å². The van der Waals surface area contributed by atoms with Gasteiger partial charge >= 0.3 is 12.3 Å². The van der Waals surface area contributed by atoms with E-state index in [9.17, 15) is 18.4 Å². The molecule has 0 radical (unpaired) electrons. The monoisotopic (exact) mass is 524 g/mol. The van der Waals surface area contributed by atoms with Crippen LogP contribution in [0.3, 0.4) is 0 Å². The van der Waals surface area contributed by atoms with E-state index in [4.69, 9.17) is 9.47 Å². The Kier molecular flexibility index (Phi) is 5.81. The third kappa shape index (κ3) is 4.73. The van der Waals surface area contributed by atoms with Gasteiger partial charge in [-0.3, -0.25) is 4.79 Å². The first-order valence-electron chi connectivity index (χ1n) is 11.9. The van der Waals surface area contributed by atoms with Crippen molar-refractivity contribution < 1.29 is 37.3 Å². The number of alkyl halides is 2. The molecule has 10 heteroatoms. The molecule has 2 aliphatic rings. The van der Waals surface area contributed by atoms with Crippen molar-refractivity contribution >= 4 is 17.7 Å². The van der Waals surface area contributed by atoms with Crippen molar-refractivity contribution in [3.05, 3.63) is 65.2 Å². The molecule has 0 saturated heterocycles. The number of halogens is 2. The maximum atomic E-state index is 13.5. The van der Waals surface area contributed by atoms with Gasteiger partial charge in [0.1, 0.15) is 29.2 Å². The smallest absolute Gasteiger partial charge is 0.492 e. The van der Waals surface area contributed by atoms with E-state index in [1.165, 1.54) is 12.1 Å². The van der Waals surface area contributed by atoms with Gasteiger partial charge in [-0.2, -0.15) is 0 Å². The minimum absolute atomic E-state index is 0.00980. The van der Waals surface area contributed by atoms with Gasteiger partial charge in [0.05, 0.1) is 11.3 Å². The molecule has 0 fully saturated rings. The van der Waals surface area contributed by atoms with E-state index in [0.29, 0.717) is 33.8 Å². The van der Waals surface area contributed by atoms with Crippen LogP contribution in [-0.4, -0.2) is 35.4 Å². The molecule has 1 aromatic heterocycles. The average molecular weight is 525 g/mol. The van der Waals surface area contributed by atoms with Crippen LogP contribution in [0.15, 0.2) is 48.5 Å². The largest absolute Gasteiger partial charge is 0.586 e. The van der Waals surface area contributed by atoms with E-state index < -0.39 is 29.2 Å². The summed E-state index contributed by atoms with van der Waals surface area (Å²) in [6.45, 7) is 8.82. The van der Waals surface area contributed by atoms with Crippen molar-refractivity contribution in [1.82, 2.24) is 4.98 Å². The van der Waals surface area contributed by atoms with Crippen LogP contribution in [0.1, 0.15) is 49.2 Å². The Morgan fingerprint density at radius 3 is 2.45 bits per heavy atom. The lowest BCUT2D eigenvalue weighted by Crippen LogP contribution is -2.39. The van der Waals surface area contributed by atoms with Gasteiger partial charge in [-0.25, -0.2) is 9.78 Å². The molecule has 3 aromatic rings. The standard InChI is InChI=1S/C28H26F2N2O6/c1-15-9-10-19(16-7-6-8-17(11-16)24(33)38-26(2,3)4)31-23(15)32-25(34)27(5)14-35-20-13-22-21(12-18(20)27)36-28(29,30)37-22/h6-13H,14H2,1-5H3,(H,31,32,34)/t27-/m0/s1. The van der Waals surface area contributed by atoms with Crippen molar-refractivity contribution in [2.24, 2.45) is 0 Å². The number of carbonyl (C=O) groups is 2. The zero-order valence-corrected chi connectivity index (χ0v) is 21.5. The maximum absolute atomic E-state index is 13.5. The summed E-state index contributed by atoms with van der Waals surface area (Å²) in [4.78, 5) is 30.6. The number of hydrogen-bond donors (Lipinski definition) is 1. The van der Waals surface area contributed by atoms with E-state index in [0.717, 1.165) is 0 Å². The summed E-state index contributed by atoms with van der Waals surface area (Å²) in [6, 6.07) is 13.1. The molecule has 38 heavy (non-hydrogen) atoms. The molecule has 0 bridgehead atoms. The minimum atomic E-state index is -3.78. The van der Waals surface area contributed by atoms with Crippen LogP contribution in [0, 0.1) is 6.92 Å². The molecule has 1 amide bonds. The highest BCUT2D eigenvalue weighted by Gasteiger charge is 2.49. The van der Waals surface area contributed by atoms with Crippen LogP contribution < -0.4 is 19.5 Å². The molecule has 0 aliphatic carbocycles. The van der Waals surface area contributed by atoms with Gasteiger partial charge in [-0.15, -0.1) is 8.78 Å². The van der Waals surface area contributed by atoms with Crippen LogP contribution in [0.5, 0.6) is 17.2 Å². The number of carbonyl (C=O) groups excluding carboxylic acids is 2. The second-order valence-electron chi connectivity index (χ2n) is 10.5. The minimum Gasteiger partial charge on any atom is -0.492 e. The van der Waals surface area contributed by atoms with Crippen molar-refractivity contribution in [3.63, 3.8) is 0 Å². The van der Waals surface area contributed by atoms with Gasteiger partial charge < -0.3 is 24.3 Å². The van der Waals surface area contributed by atoms with Gasteiger partial charge in [-0.05, 0) is 64.4 Å². The van der Waals surface area contributed by atoms with E-state index >= 15 is 0 Å². The summed E-state index contributed by atoms with van der Waals surface area (Å²) in [6.07, 6.45) is -3.78. The Bertz CT molecular complexity index is 1470. The van der Waals surface area contributed by atoms with Gasteiger partial charge in [-0.1, -0.05) is 18.2 Å². The van der Waals surface area contributed by atoms with Gasteiger partial charge in [0.25, 0.3) is 0 Å². The molecule has 1 N–H and O–H groups in total. The number of anilines is 1. The summed E-state index contributed by atoms with van der Waals surface area (Å²) >= 11 is 0. The number of ether oxygens (including phenoxy) is 4. The Morgan fingerprint density at radius 1 is 1.03 bits per heavy atom. The van der Waals surface area contributed by atoms with Crippen molar-refractivity contribution in [3.8, 4) is 28.5 Å². The third-order valence-electron chi connectivity index (χ3n) is 6.24. The van der Waals surface area contributed by atoms with E-state index in [1.807, 2.05) is 0 Å². The van der Waals surface area contributed by atoms with Gasteiger partial charge in [0.15, 0.2) is 11.5 Å². The summed E-state index contributed by atoms with van der Waals surface area (Å²) < 4.78 is 47.2. The maximum Gasteiger partial charge on any atom is 0.586 e. The van der Waals surface area contributed by atoms with Crippen LogP contribution in [-0.2, 0) is 14.9 Å². The number of nitrogens with one attached hydrogen (secondary N) is 1. The average Bonchev–Trinajstić information content (AvgIpc) is 3.32. The topological polar surface area (TPSA) is 96.0 Å². The first-order valence-corrected chi connectivity index (χ1v) is 11.9. The summed E-state index contributed by atoms with van der Waals surface area (Å²) in [5.41, 5.74) is 0.848. The van der Waals surface area contributed by atoms with E-state index in [1.54, 1.807) is 71.0 Å². The molecule has 0 unspecified atom stereocenters. The lowest BCUT2D eigenvalue weighted by Gasteiger charge is -2.22. The highest BCUT2D eigenvalue weighted by Crippen LogP contribution is 2.50. The molecule has 0 saturated carbocycles. The fraction of sp³-hybridized carbons (Fsp3) is 0.321. The highest BCUT2D eigenvalue weighted by atomic mass is 19.3. The number of benzene rings is 2. The normalized spacial score (nSPS) is 18.9. The van der Waals surface area contributed by atoms with Crippen LogP contribution in [0.25, 0.3) is 11.3 Å². The summed E-state index contributed by atoms with van der Waals surface area (Å²) in [7, 11) is 0. The zero-order valence-electron chi connectivity index (χ0n) is 21.5. The molecular formula is C28H26F2N2O6. The molecule has 1 atom stereocenters. The number of esters is 1. The van der Waals surface area contributed by atoms with Crippen LogP contribution in [0.2, 0.25) is 0 Å². The summed E-state index contributed by atoms with van der Waals surface area (Å²) in [5.74, 6) is -0.627. The quantitative estimate of drug-likeness (QED) is 0.443. The van der Waals surface area contributed by atoms with Crippen LogP contribution in [0.4, 0.5) is 14.6 Å². The van der Waals surface area contributed by atoms with Crippen molar-refractivity contribution in [2.45, 2.75) is 51.9 Å². The molecule has 5 rings (SSSR count). The van der Waals surface area contributed by atoms with Crippen molar-refractivity contribution in [1.29, 1.82) is 0 Å². The number of pyridine rings is 1. The Hall–Kier alpha value is -4.21. The molecule has 8 nitrogen and oxygen atoms in total. The first-order chi connectivity index (χ1) is 17.7. The Labute approximate surface area is 217 Å². The Morgan fingerprint density at radius 2 is 1.74 bits per heavy atom. The van der Waals surface area contributed by atoms with Crippen molar-refractivity contribution in [2.75, 3.05) is 11.9 Å².